The van der Waals surface area contributed by atoms with Crippen molar-refractivity contribution >= 4 is 21.9 Å². The van der Waals surface area contributed by atoms with Crippen molar-refractivity contribution in [2.24, 2.45) is 0 Å². The number of hydrogen-bond acceptors (Lipinski definition) is 3. The third kappa shape index (κ3) is 2.73. The summed E-state index contributed by atoms with van der Waals surface area (Å²) in [6, 6.07) is 2.86. The fourth-order valence-electron chi connectivity index (χ4n) is 1.08. The second-order valence-electron chi connectivity index (χ2n) is 2.84. The highest BCUT2D eigenvalue weighted by molar-refractivity contribution is 9.10. The van der Waals surface area contributed by atoms with Gasteiger partial charge in [0, 0.05) is 0 Å². The normalized spacial score (nSPS) is 10.2. The number of halogens is 3. The first-order chi connectivity index (χ1) is 7.45. The van der Waals surface area contributed by atoms with Gasteiger partial charge in [0.05, 0.1) is 22.2 Å². The minimum Gasteiger partial charge on any atom is -0.481 e. The zero-order valence-electron chi connectivity index (χ0n) is 7.75. The Kier molecular flexibility index (Phi) is 3.90. The minimum absolute atomic E-state index is 0.0541. The number of nitrogens with zero attached hydrogens (tertiary/aromatic N) is 2. The van der Waals surface area contributed by atoms with Crippen LogP contribution in [0.15, 0.2) is 10.5 Å². The molecule has 0 atom stereocenters. The lowest BCUT2D eigenvalue weighted by Crippen LogP contribution is -2.06. The number of hydrogen-bond donors (Lipinski definition) is 1. The van der Waals surface area contributed by atoms with Gasteiger partial charge in [-0.1, -0.05) is 0 Å². The summed E-state index contributed by atoms with van der Waals surface area (Å²) in [5, 5.41) is 17.2. The van der Waals surface area contributed by atoms with Crippen LogP contribution in [0.5, 0.6) is 0 Å². The van der Waals surface area contributed by atoms with Crippen LogP contribution >= 0.6 is 15.9 Å². The summed E-state index contributed by atoms with van der Waals surface area (Å²) in [5.41, 5.74) is -0.737. The maximum Gasteiger partial charge on any atom is 0.309 e. The lowest BCUT2D eigenvalue weighted by Gasteiger charge is -2.06. The molecule has 16 heavy (non-hydrogen) atoms. The molecule has 84 valence electrons. The fraction of sp³-hybridized carbons (Fsp3) is 0.222. The molecule has 0 radical (unpaired) electrons. The average Bonchev–Trinajstić information content (AvgIpc) is 2.19. The van der Waals surface area contributed by atoms with Crippen molar-refractivity contribution in [3.8, 4) is 6.07 Å². The molecule has 1 rings (SSSR count). The Hall–Kier alpha value is -1.55. The fourth-order valence-corrected chi connectivity index (χ4v) is 1.54. The van der Waals surface area contributed by atoms with Crippen molar-refractivity contribution in [1.29, 1.82) is 5.26 Å². The van der Waals surface area contributed by atoms with Crippen LogP contribution in [0.25, 0.3) is 0 Å². The summed E-state index contributed by atoms with van der Waals surface area (Å²) in [7, 11) is 0. The third-order valence-electron chi connectivity index (χ3n) is 1.70. The third-order valence-corrected chi connectivity index (χ3v) is 2.53. The Morgan fingerprint density at radius 3 is 2.75 bits per heavy atom. The highest BCUT2D eigenvalue weighted by Crippen LogP contribution is 2.28. The molecule has 0 bridgehead atoms. The van der Waals surface area contributed by atoms with E-state index in [9.17, 15) is 13.6 Å². The predicted molar refractivity (Wildman–Crippen MR) is 52.9 cm³/mol. The van der Waals surface area contributed by atoms with Crippen molar-refractivity contribution in [3.63, 3.8) is 0 Å². The van der Waals surface area contributed by atoms with Crippen LogP contribution in [0.4, 0.5) is 8.78 Å². The maximum absolute atomic E-state index is 12.5. The SMILES string of the molecule is N#Cc1cc(CC(=O)O)nc(C(F)F)c1Br. The van der Waals surface area contributed by atoms with Crippen LogP contribution in [-0.2, 0) is 11.2 Å². The van der Waals surface area contributed by atoms with E-state index in [-0.39, 0.29) is 15.7 Å². The van der Waals surface area contributed by atoms with Crippen LogP contribution in [-0.4, -0.2) is 16.1 Å². The maximum atomic E-state index is 12.5. The topological polar surface area (TPSA) is 74.0 Å². The molecule has 0 aromatic carbocycles. The molecule has 0 aliphatic carbocycles. The summed E-state index contributed by atoms with van der Waals surface area (Å²) < 4.78 is 24.9. The van der Waals surface area contributed by atoms with Gasteiger partial charge in [0.2, 0.25) is 0 Å². The predicted octanol–water partition coefficient (Wildman–Crippen LogP) is 2.28. The Bertz CT molecular complexity index is 471. The van der Waals surface area contributed by atoms with E-state index < -0.39 is 24.5 Å². The Morgan fingerprint density at radius 1 is 1.69 bits per heavy atom. The first-order valence-corrected chi connectivity index (χ1v) is 4.84. The van der Waals surface area contributed by atoms with Gasteiger partial charge in [-0.2, -0.15) is 5.26 Å². The van der Waals surface area contributed by atoms with E-state index in [4.69, 9.17) is 10.4 Å². The smallest absolute Gasteiger partial charge is 0.309 e. The molecule has 0 amide bonds. The largest absolute Gasteiger partial charge is 0.481 e. The molecule has 7 heteroatoms. The van der Waals surface area contributed by atoms with Crippen molar-refractivity contribution in [2.45, 2.75) is 12.8 Å². The van der Waals surface area contributed by atoms with Gasteiger partial charge in [-0.25, -0.2) is 13.8 Å². The zero-order chi connectivity index (χ0) is 12.3. The van der Waals surface area contributed by atoms with Crippen LogP contribution in [0.2, 0.25) is 0 Å². The van der Waals surface area contributed by atoms with Gasteiger partial charge in [0.25, 0.3) is 6.43 Å². The van der Waals surface area contributed by atoms with Crippen LogP contribution < -0.4 is 0 Å². The monoisotopic (exact) mass is 290 g/mol. The summed E-state index contributed by atoms with van der Waals surface area (Å²) in [4.78, 5) is 13.9. The van der Waals surface area contributed by atoms with Gasteiger partial charge < -0.3 is 5.11 Å². The number of carboxylic acid groups (broad SMARTS) is 1. The molecule has 1 aromatic heterocycles. The first kappa shape index (κ1) is 12.5. The van der Waals surface area contributed by atoms with Crippen molar-refractivity contribution in [3.05, 3.63) is 27.5 Å². The summed E-state index contributed by atoms with van der Waals surface area (Å²) in [5.74, 6) is -1.20. The molecule has 0 spiro atoms. The highest BCUT2D eigenvalue weighted by atomic mass is 79.9. The van der Waals surface area contributed by atoms with Crippen molar-refractivity contribution < 1.29 is 18.7 Å². The van der Waals surface area contributed by atoms with E-state index >= 15 is 0 Å². The number of carbonyl (C=O) groups is 1. The van der Waals surface area contributed by atoms with Gasteiger partial charge in [-0.15, -0.1) is 0 Å². The number of rotatable bonds is 3. The molecule has 0 fully saturated rings. The summed E-state index contributed by atoms with van der Waals surface area (Å²) in [6.07, 6.45) is -3.36. The summed E-state index contributed by atoms with van der Waals surface area (Å²) in [6.45, 7) is 0. The standard InChI is InChI=1S/C9H5BrF2N2O2/c10-7-4(3-13)1-5(2-6(15)16)14-8(7)9(11)12/h1,9H,2H2,(H,15,16). The number of aliphatic carboxylic acids is 1. The molecule has 0 aliphatic heterocycles. The van der Waals surface area contributed by atoms with E-state index in [1.807, 2.05) is 0 Å². The number of aromatic nitrogens is 1. The lowest BCUT2D eigenvalue weighted by atomic mass is 10.1. The van der Waals surface area contributed by atoms with Crippen molar-refractivity contribution in [1.82, 2.24) is 4.98 Å². The lowest BCUT2D eigenvalue weighted by molar-refractivity contribution is -0.136. The number of carboxylic acids is 1. The molecule has 0 aliphatic rings. The van der Waals surface area contributed by atoms with Gasteiger partial charge in [0.15, 0.2) is 0 Å². The van der Waals surface area contributed by atoms with Crippen LogP contribution in [0.3, 0.4) is 0 Å². The van der Waals surface area contributed by atoms with E-state index in [0.717, 1.165) is 0 Å². The number of nitriles is 1. The van der Waals surface area contributed by atoms with Crippen LogP contribution in [0.1, 0.15) is 23.4 Å². The minimum atomic E-state index is -2.87. The summed E-state index contributed by atoms with van der Waals surface area (Å²) >= 11 is 2.83. The number of alkyl halides is 2. The van der Waals surface area contributed by atoms with E-state index in [2.05, 4.69) is 20.9 Å². The van der Waals surface area contributed by atoms with Crippen LogP contribution in [0, 0.1) is 11.3 Å². The van der Waals surface area contributed by atoms with E-state index in [0.29, 0.717) is 0 Å². The Morgan fingerprint density at radius 2 is 2.31 bits per heavy atom. The van der Waals surface area contributed by atoms with Crippen molar-refractivity contribution in [2.75, 3.05) is 0 Å². The molecule has 1 aromatic rings. The van der Waals surface area contributed by atoms with Gasteiger partial charge in [0.1, 0.15) is 11.8 Å². The molecule has 4 nitrogen and oxygen atoms in total. The molecule has 0 saturated carbocycles. The molecular formula is C9H5BrF2N2O2. The zero-order valence-corrected chi connectivity index (χ0v) is 9.33. The molecular weight excluding hydrogens is 286 g/mol. The van der Waals surface area contributed by atoms with E-state index in [1.54, 1.807) is 6.07 Å². The molecule has 0 saturated heterocycles. The van der Waals surface area contributed by atoms with Gasteiger partial charge in [-0.05, 0) is 22.0 Å². The average molecular weight is 291 g/mol. The van der Waals surface area contributed by atoms with Gasteiger partial charge in [-0.3, -0.25) is 4.79 Å². The first-order valence-electron chi connectivity index (χ1n) is 4.05. The number of pyridine rings is 1. The second kappa shape index (κ2) is 4.99. The Labute approximate surface area is 97.7 Å². The quantitative estimate of drug-likeness (QED) is 0.927. The van der Waals surface area contributed by atoms with Gasteiger partial charge >= 0.3 is 5.97 Å². The van der Waals surface area contributed by atoms with E-state index in [1.165, 1.54) is 6.07 Å². The Balaban J connectivity index is 3.29. The molecule has 1 heterocycles. The molecule has 0 unspecified atom stereocenters. The highest BCUT2D eigenvalue weighted by Gasteiger charge is 2.19. The molecule has 1 N–H and O–H groups in total. The second-order valence-corrected chi connectivity index (χ2v) is 3.64.